The van der Waals surface area contributed by atoms with Crippen LogP contribution in [0.1, 0.15) is 10.4 Å². The fraction of sp³-hybridized carbons (Fsp3) is 0.308. The number of benzene rings is 2. The number of aromatic nitrogens is 1. The van der Waals surface area contributed by atoms with Crippen LogP contribution in [0.4, 0.5) is 5.69 Å². The summed E-state index contributed by atoms with van der Waals surface area (Å²) in [4.78, 5) is 36.0. The molecule has 2 aliphatic rings. The summed E-state index contributed by atoms with van der Waals surface area (Å²) < 4.78 is 22.6. The third-order valence-corrected chi connectivity index (χ3v) is 7.14. The molecule has 1 saturated heterocycles. The summed E-state index contributed by atoms with van der Waals surface area (Å²) in [7, 11) is 4.62. The van der Waals surface area contributed by atoms with Crippen LogP contribution in [0, 0.1) is 0 Å². The minimum absolute atomic E-state index is 0.222. The van der Waals surface area contributed by atoms with Crippen molar-refractivity contribution in [2.45, 2.75) is 6.54 Å². The monoisotopic (exact) mass is 538 g/mol. The number of thiazole rings is 1. The van der Waals surface area contributed by atoms with E-state index < -0.39 is 4.87 Å². The summed E-state index contributed by atoms with van der Waals surface area (Å²) in [5.74, 6) is 1.47. The van der Waals surface area contributed by atoms with Gasteiger partial charge in [0.05, 0.1) is 50.5 Å². The lowest BCUT2D eigenvalue weighted by Gasteiger charge is -2.26. The van der Waals surface area contributed by atoms with Gasteiger partial charge in [0, 0.05) is 18.7 Å². The lowest BCUT2D eigenvalue weighted by atomic mass is 10.1. The van der Waals surface area contributed by atoms with E-state index in [-0.39, 0.29) is 18.3 Å². The van der Waals surface area contributed by atoms with Gasteiger partial charge in [-0.1, -0.05) is 17.4 Å². The number of morpholine rings is 1. The maximum Gasteiger partial charge on any atom is 0.311 e. The summed E-state index contributed by atoms with van der Waals surface area (Å²) in [6.45, 7) is 1.64. The molecular formula is C26H26N4O7S. The van der Waals surface area contributed by atoms with E-state index in [0.717, 1.165) is 21.1 Å². The van der Waals surface area contributed by atoms with Crippen LogP contribution >= 0.6 is 11.3 Å². The minimum Gasteiger partial charge on any atom is -0.493 e. The molecule has 198 valence electrons. The molecule has 0 unspecified atom stereocenters. The molecule has 0 atom stereocenters. The normalized spacial score (nSPS) is 15.1. The van der Waals surface area contributed by atoms with Gasteiger partial charge in [0.1, 0.15) is 6.54 Å². The Labute approximate surface area is 221 Å². The largest absolute Gasteiger partial charge is 0.493 e. The van der Waals surface area contributed by atoms with Gasteiger partial charge in [-0.3, -0.25) is 14.2 Å². The first-order valence-electron chi connectivity index (χ1n) is 11.8. The van der Waals surface area contributed by atoms with E-state index in [2.05, 4.69) is 9.98 Å². The van der Waals surface area contributed by atoms with E-state index in [0.29, 0.717) is 70.9 Å². The number of nitrogens with zero attached hydrogens (tertiary/aromatic N) is 4. The first-order valence-corrected chi connectivity index (χ1v) is 12.6. The van der Waals surface area contributed by atoms with Crippen molar-refractivity contribution in [2.24, 2.45) is 9.98 Å². The van der Waals surface area contributed by atoms with Gasteiger partial charge in [-0.2, -0.15) is 0 Å². The maximum absolute atomic E-state index is 12.6. The summed E-state index contributed by atoms with van der Waals surface area (Å²) in [5, 5.41) is 12.1. The van der Waals surface area contributed by atoms with Crippen molar-refractivity contribution in [3.63, 3.8) is 0 Å². The molecule has 12 heteroatoms. The second-order valence-electron chi connectivity index (χ2n) is 8.49. The van der Waals surface area contributed by atoms with E-state index in [9.17, 15) is 14.7 Å². The highest BCUT2D eigenvalue weighted by molar-refractivity contribution is 7.10. The predicted octanol–water partition coefficient (Wildman–Crippen LogP) is 1.04. The van der Waals surface area contributed by atoms with Gasteiger partial charge < -0.3 is 29.0 Å². The lowest BCUT2D eigenvalue weighted by molar-refractivity contribution is -0.136. The molecule has 1 aromatic heterocycles. The van der Waals surface area contributed by atoms with Crippen molar-refractivity contribution in [1.29, 1.82) is 0 Å². The number of ether oxygens (including phenoxy) is 4. The van der Waals surface area contributed by atoms with E-state index in [1.807, 2.05) is 18.2 Å². The third kappa shape index (κ3) is 4.87. The van der Waals surface area contributed by atoms with Crippen molar-refractivity contribution in [3.05, 3.63) is 61.0 Å². The standard InChI is InChI=1S/C26H26N4O7S/c1-34-19-12-16(13-20(35-2)23(19)36-3)24-27-17-5-4-15(10-18(17)28-24)11-21-25(32)30(26(33)38-21)14-22(31)29-6-8-37-9-7-29/h4-5,10-13,32H,6-9,14H2,1-3H3/b15-11+. The average Bonchev–Trinajstić information content (AvgIpc) is 3.48. The van der Waals surface area contributed by atoms with Crippen LogP contribution in [-0.2, 0) is 16.1 Å². The molecule has 11 nitrogen and oxygen atoms in total. The zero-order valence-corrected chi connectivity index (χ0v) is 21.9. The number of carbonyl (C=O) groups excluding carboxylic acids is 1. The number of rotatable bonds is 7. The maximum atomic E-state index is 12.6. The van der Waals surface area contributed by atoms with Gasteiger partial charge in [0.15, 0.2) is 17.3 Å². The van der Waals surface area contributed by atoms with Crippen molar-refractivity contribution in [3.8, 4) is 23.1 Å². The number of hydrogen-bond donors (Lipinski definition) is 1. The zero-order valence-electron chi connectivity index (χ0n) is 21.1. The Kier molecular flexibility index (Phi) is 7.16. The fourth-order valence-electron chi connectivity index (χ4n) is 4.25. The molecule has 5 rings (SSSR count). The second-order valence-corrected chi connectivity index (χ2v) is 9.48. The van der Waals surface area contributed by atoms with Crippen LogP contribution in [0.3, 0.4) is 0 Å². The van der Waals surface area contributed by atoms with Crippen molar-refractivity contribution >= 4 is 34.8 Å². The Morgan fingerprint density at radius 1 is 1.08 bits per heavy atom. The summed E-state index contributed by atoms with van der Waals surface area (Å²) in [5.41, 5.74) is 1.33. The van der Waals surface area contributed by atoms with Crippen LogP contribution in [0.5, 0.6) is 23.1 Å². The van der Waals surface area contributed by atoms with Crippen LogP contribution in [0.2, 0.25) is 0 Å². The van der Waals surface area contributed by atoms with Crippen LogP contribution in [0.25, 0.3) is 6.08 Å². The summed E-state index contributed by atoms with van der Waals surface area (Å²) in [6.07, 6.45) is 1.68. The summed E-state index contributed by atoms with van der Waals surface area (Å²) >= 11 is 0.874. The van der Waals surface area contributed by atoms with E-state index in [1.165, 1.54) is 7.11 Å². The number of aliphatic imine (C=N–C) groups is 1. The molecule has 3 heterocycles. The van der Waals surface area contributed by atoms with E-state index in [4.69, 9.17) is 18.9 Å². The molecule has 2 aromatic carbocycles. The lowest BCUT2D eigenvalue weighted by Crippen LogP contribution is -2.43. The van der Waals surface area contributed by atoms with Gasteiger partial charge in [-0.15, -0.1) is 0 Å². The minimum atomic E-state index is -0.408. The van der Waals surface area contributed by atoms with E-state index in [1.54, 1.807) is 37.3 Å². The molecule has 0 bridgehead atoms. The molecule has 1 N–H and O–H groups in total. The molecule has 0 radical (unpaired) electrons. The van der Waals surface area contributed by atoms with Gasteiger partial charge in [0.2, 0.25) is 17.5 Å². The van der Waals surface area contributed by atoms with Crippen molar-refractivity contribution in [2.75, 3.05) is 47.6 Å². The molecule has 3 aromatic rings. The Bertz CT molecular complexity index is 1580. The molecule has 0 spiro atoms. The molecule has 1 fully saturated rings. The first kappa shape index (κ1) is 25.5. The van der Waals surface area contributed by atoms with Crippen LogP contribution in [0.15, 0.2) is 45.1 Å². The fourth-order valence-corrected chi connectivity index (χ4v) is 5.10. The number of methoxy groups -OCH3 is 3. The summed E-state index contributed by atoms with van der Waals surface area (Å²) in [6, 6.07) is 9.01. The Balaban J connectivity index is 1.43. The van der Waals surface area contributed by atoms with Gasteiger partial charge >= 0.3 is 4.87 Å². The Hall–Kier alpha value is -4.16. The van der Waals surface area contributed by atoms with Gasteiger partial charge in [-0.05, 0) is 35.6 Å². The number of aromatic hydroxyl groups is 1. The van der Waals surface area contributed by atoms with Crippen molar-refractivity contribution in [1.82, 2.24) is 9.47 Å². The van der Waals surface area contributed by atoms with E-state index >= 15 is 0 Å². The molecule has 0 aliphatic carbocycles. The zero-order chi connectivity index (χ0) is 26.8. The number of hydrogen-bond acceptors (Lipinski definition) is 10. The highest BCUT2D eigenvalue weighted by Crippen LogP contribution is 2.38. The number of amidine groups is 1. The van der Waals surface area contributed by atoms with Gasteiger partial charge in [-0.25, -0.2) is 9.98 Å². The molecule has 2 aliphatic heterocycles. The number of fused-ring (bicyclic) bond motifs is 1. The SMILES string of the molecule is COc1cc(C2=Nc3c/c(=C/c4sc(=O)n(CC(=O)N5CCOCC5)c4O)ccc3=N2)cc(OC)c1OC. The van der Waals surface area contributed by atoms with Gasteiger partial charge in [0.25, 0.3) is 0 Å². The van der Waals surface area contributed by atoms with Crippen LogP contribution in [-0.4, -0.2) is 73.9 Å². The average molecular weight is 539 g/mol. The smallest absolute Gasteiger partial charge is 0.311 e. The van der Waals surface area contributed by atoms with Crippen molar-refractivity contribution < 1.29 is 28.8 Å². The molecule has 1 amide bonds. The number of carbonyl (C=O) groups is 1. The quantitative estimate of drug-likeness (QED) is 0.477. The molecular weight excluding hydrogens is 512 g/mol. The highest BCUT2D eigenvalue weighted by atomic mass is 32.1. The topological polar surface area (TPSA) is 124 Å². The molecule has 0 saturated carbocycles. The predicted molar refractivity (Wildman–Crippen MR) is 141 cm³/mol. The van der Waals surface area contributed by atoms with Crippen LogP contribution < -0.4 is 29.7 Å². The molecule has 38 heavy (non-hydrogen) atoms. The Morgan fingerprint density at radius 3 is 2.45 bits per heavy atom. The highest BCUT2D eigenvalue weighted by Gasteiger charge is 2.21. The Morgan fingerprint density at radius 2 is 1.79 bits per heavy atom. The number of amides is 1. The third-order valence-electron chi connectivity index (χ3n) is 6.22. The first-order chi connectivity index (χ1) is 18.4. The second kappa shape index (κ2) is 10.7.